The maximum Gasteiger partial charge on any atom is 0.298 e. The third-order valence-corrected chi connectivity index (χ3v) is 5.99. The number of aromatic amines is 1. The van der Waals surface area contributed by atoms with E-state index in [0.717, 1.165) is 11.6 Å². The van der Waals surface area contributed by atoms with E-state index in [1.165, 1.54) is 12.1 Å². The van der Waals surface area contributed by atoms with Gasteiger partial charge in [-0.2, -0.15) is 8.78 Å². The SMILES string of the molecule is Cc1nc(N[C@H](C)c2cccc(C(F)(F)CO)c2F)c2cc(C3=CCC(O)CC3)c(=O)[nH]c2n1. The molecule has 3 aromatic rings. The Morgan fingerprint density at radius 2 is 2.09 bits per heavy atom. The van der Waals surface area contributed by atoms with Gasteiger partial charge in [-0.3, -0.25) is 4.79 Å². The number of pyridine rings is 1. The number of aliphatic hydroxyl groups excluding tert-OH is 2. The lowest BCUT2D eigenvalue weighted by Gasteiger charge is -2.21. The van der Waals surface area contributed by atoms with Crippen LogP contribution in [0.4, 0.5) is 19.0 Å². The number of rotatable bonds is 6. The van der Waals surface area contributed by atoms with Crippen LogP contribution >= 0.6 is 0 Å². The summed E-state index contributed by atoms with van der Waals surface area (Å²) in [6.45, 7) is 1.73. The van der Waals surface area contributed by atoms with Gasteiger partial charge in [-0.15, -0.1) is 0 Å². The summed E-state index contributed by atoms with van der Waals surface area (Å²) >= 11 is 0. The Hall–Kier alpha value is -3.24. The molecule has 34 heavy (non-hydrogen) atoms. The molecule has 2 atom stereocenters. The van der Waals surface area contributed by atoms with E-state index in [1.807, 2.05) is 6.08 Å². The second kappa shape index (κ2) is 9.19. The lowest BCUT2D eigenvalue weighted by molar-refractivity contribution is -0.0583. The fraction of sp³-hybridized carbons (Fsp3) is 0.375. The minimum atomic E-state index is -3.71. The summed E-state index contributed by atoms with van der Waals surface area (Å²) in [6, 6.07) is 4.51. The molecule has 7 nitrogen and oxygen atoms in total. The number of anilines is 1. The van der Waals surface area contributed by atoms with Gasteiger partial charge in [-0.25, -0.2) is 14.4 Å². The highest BCUT2D eigenvalue weighted by Crippen LogP contribution is 2.34. The lowest BCUT2D eigenvalue weighted by atomic mass is 9.92. The topological polar surface area (TPSA) is 111 Å². The van der Waals surface area contributed by atoms with Gasteiger partial charge in [0, 0.05) is 11.1 Å². The van der Waals surface area contributed by atoms with Crippen LogP contribution in [0.2, 0.25) is 0 Å². The highest BCUT2D eigenvalue weighted by atomic mass is 19.3. The Kier molecular flexibility index (Phi) is 6.46. The number of aromatic nitrogens is 3. The maximum atomic E-state index is 15.0. The standard InChI is InChI=1S/C24H25F3N4O3/c1-12(16-4-3-5-19(20(16)25)24(26,27)11-32)28-21-18-10-17(14-6-8-15(33)9-7-14)23(34)31-22(18)30-13(2)29-21/h3-6,10,12,15,32-33H,7-9,11H2,1-2H3,(H2,28,29,30,31,34)/t12-,15?/m1/s1. The van der Waals surface area contributed by atoms with E-state index in [2.05, 4.69) is 20.3 Å². The molecule has 1 aromatic carbocycles. The van der Waals surface area contributed by atoms with Crippen molar-refractivity contribution in [3.8, 4) is 0 Å². The van der Waals surface area contributed by atoms with Gasteiger partial charge in [0.2, 0.25) is 0 Å². The van der Waals surface area contributed by atoms with Gasteiger partial charge in [0.1, 0.15) is 29.7 Å². The van der Waals surface area contributed by atoms with E-state index in [-0.39, 0.29) is 16.8 Å². The first-order valence-electron chi connectivity index (χ1n) is 10.9. The van der Waals surface area contributed by atoms with Crippen LogP contribution in [0.3, 0.4) is 0 Å². The molecular formula is C24H25F3N4O3. The van der Waals surface area contributed by atoms with Crippen LogP contribution in [0.1, 0.15) is 54.7 Å². The first kappa shape index (κ1) is 23.9. The van der Waals surface area contributed by atoms with E-state index in [9.17, 15) is 23.1 Å². The number of H-pyrrole nitrogens is 1. The fourth-order valence-corrected chi connectivity index (χ4v) is 4.15. The molecule has 0 radical (unpaired) electrons. The molecule has 0 saturated heterocycles. The van der Waals surface area contributed by atoms with E-state index < -0.39 is 36.1 Å². The molecule has 1 aliphatic carbocycles. The molecule has 0 aliphatic heterocycles. The summed E-state index contributed by atoms with van der Waals surface area (Å²) < 4.78 is 42.9. The summed E-state index contributed by atoms with van der Waals surface area (Å²) in [4.78, 5) is 24.1. The van der Waals surface area contributed by atoms with E-state index in [1.54, 1.807) is 19.9 Å². The van der Waals surface area contributed by atoms with Crippen molar-refractivity contribution in [3.63, 3.8) is 0 Å². The molecule has 0 fully saturated rings. The lowest BCUT2D eigenvalue weighted by Crippen LogP contribution is -2.22. The summed E-state index contributed by atoms with van der Waals surface area (Å²) in [7, 11) is 0. The average molecular weight is 474 g/mol. The van der Waals surface area contributed by atoms with E-state index in [4.69, 9.17) is 5.11 Å². The zero-order valence-corrected chi connectivity index (χ0v) is 18.7. The Morgan fingerprint density at radius 3 is 2.76 bits per heavy atom. The number of halogens is 3. The molecular weight excluding hydrogens is 449 g/mol. The Morgan fingerprint density at radius 1 is 1.32 bits per heavy atom. The second-order valence-electron chi connectivity index (χ2n) is 8.49. The monoisotopic (exact) mass is 474 g/mol. The van der Waals surface area contributed by atoms with Crippen molar-refractivity contribution in [2.75, 3.05) is 11.9 Å². The minimum absolute atomic E-state index is 0.0244. The number of allylic oxidation sites excluding steroid dienone is 1. The number of aryl methyl sites for hydroxylation is 1. The largest absolute Gasteiger partial charge is 0.393 e. The van der Waals surface area contributed by atoms with Gasteiger partial charge in [0.05, 0.1) is 23.1 Å². The molecule has 4 rings (SSSR count). The Balaban J connectivity index is 1.76. The smallest absolute Gasteiger partial charge is 0.298 e. The number of nitrogens with one attached hydrogen (secondary N) is 2. The van der Waals surface area contributed by atoms with E-state index >= 15 is 0 Å². The Labute approximate surface area is 193 Å². The first-order valence-corrected chi connectivity index (χ1v) is 10.9. The summed E-state index contributed by atoms with van der Waals surface area (Å²) in [6.07, 6.45) is 2.93. The number of alkyl halides is 2. The molecule has 10 heteroatoms. The van der Waals surface area contributed by atoms with Crippen molar-refractivity contribution in [2.45, 2.75) is 51.2 Å². The summed E-state index contributed by atoms with van der Waals surface area (Å²) in [5, 5.41) is 22.3. The molecule has 0 bridgehead atoms. The average Bonchev–Trinajstić information content (AvgIpc) is 2.79. The third-order valence-electron chi connectivity index (χ3n) is 5.99. The molecule has 0 saturated carbocycles. The van der Waals surface area contributed by atoms with Crippen molar-refractivity contribution >= 4 is 22.4 Å². The van der Waals surface area contributed by atoms with Crippen LogP contribution in [0.5, 0.6) is 0 Å². The van der Waals surface area contributed by atoms with Crippen LogP contribution < -0.4 is 10.9 Å². The predicted octanol–water partition coefficient (Wildman–Crippen LogP) is 3.95. The second-order valence-corrected chi connectivity index (χ2v) is 8.49. The number of aliphatic hydroxyl groups is 2. The highest BCUT2D eigenvalue weighted by Gasteiger charge is 2.35. The number of hydrogen-bond donors (Lipinski definition) is 4. The maximum absolute atomic E-state index is 15.0. The third kappa shape index (κ3) is 4.55. The van der Waals surface area contributed by atoms with Crippen LogP contribution in [0.15, 0.2) is 35.1 Å². The summed E-state index contributed by atoms with van der Waals surface area (Å²) in [5.41, 5.74) is 0.286. The fourth-order valence-electron chi connectivity index (χ4n) is 4.15. The van der Waals surface area contributed by atoms with Gasteiger partial charge >= 0.3 is 0 Å². The zero-order valence-electron chi connectivity index (χ0n) is 18.7. The molecule has 0 amide bonds. The number of nitrogens with zero attached hydrogens (tertiary/aromatic N) is 2. The predicted molar refractivity (Wildman–Crippen MR) is 122 cm³/mol. The van der Waals surface area contributed by atoms with Gasteiger partial charge in [-0.05, 0) is 50.8 Å². The number of hydrogen-bond acceptors (Lipinski definition) is 6. The van der Waals surface area contributed by atoms with Crippen molar-refractivity contribution in [1.29, 1.82) is 0 Å². The molecule has 1 unspecified atom stereocenters. The summed E-state index contributed by atoms with van der Waals surface area (Å²) in [5.74, 6) is -4.17. The van der Waals surface area contributed by atoms with Crippen LogP contribution in [-0.2, 0) is 5.92 Å². The molecule has 2 heterocycles. The van der Waals surface area contributed by atoms with Crippen molar-refractivity contribution in [1.82, 2.24) is 15.0 Å². The van der Waals surface area contributed by atoms with Gasteiger partial charge in [0.15, 0.2) is 0 Å². The van der Waals surface area contributed by atoms with E-state index in [0.29, 0.717) is 41.9 Å². The van der Waals surface area contributed by atoms with Gasteiger partial charge in [-0.1, -0.05) is 18.2 Å². The van der Waals surface area contributed by atoms with Crippen LogP contribution in [0.25, 0.3) is 16.6 Å². The quantitative estimate of drug-likeness (QED) is 0.431. The Bertz CT molecular complexity index is 1320. The van der Waals surface area contributed by atoms with Gasteiger partial charge < -0.3 is 20.5 Å². The molecule has 180 valence electrons. The molecule has 2 aromatic heterocycles. The normalized spacial score (nSPS) is 17.5. The van der Waals surface area contributed by atoms with Crippen molar-refractivity contribution in [2.24, 2.45) is 0 Å². The van der Waals surface area contributed by atoms with Gasteiger partial charge in [0.25, 0.3) is 11.5 Å². The van der Waals surface area contributed by atoms with Crippen molar-refractivity contribution in [3.05, 3.63) is 69.0 Å². The van der Waals surface area contributed by atoms with Crippen LogP contribution in [0, 0.1) is 12.7 Å². The zero-order chi connectivity index (χ0) is 24.6. The van der Waals surface area contributed by atoms with Crippen LogP contribution in [-0.4, -0.2) is 37.9 Å². The molecule has 4 N–H and O–H groups in total. The first-order chi connectivity index (χ1) is 16.1. The van der Waals surface area contributed by atoms with Crippen molar-refractivity contribution < 1.29 is 23.4 Å². The molecule has 0 spiro atoms. The highest BCUT2D eigenvalue weighted by molar-refractivity contribution is 5.89. The number of benzene rings is 1. The molecule has 1 aliphatic rings. The number of fused-ring (bicyclic) bond motifs is 1. The minimum Gasteiger partial charge on any atom is -0.393 e.